The zero-order valence-electron chi connectivity index (χ0n) is 20.8. The summed E-state index contributed by atoms with van der Waals surface area (Å²) < 4.78 is 67.8. The summed E-state index contributed by atoms with van der Waals surface area (Å²) in [5, 5.41) is 9.16. The number of fused-ring (bicyclic) bond motifs is 1. The van der Waals surface area contributed by atoms with Gasteiger partial charge in [0.2, 0.25) is 0 Å². The van der Waals surface area contributed by atoms with Gasteiger partial charge in [0, 0.05) is 5.56 Å². The van der Waals surface area contributed by atoms with E-state index in [1.54, 1.807) is 24.3 Å². The number of carbonyl (C=O) groups is 1. The molecule has 3 aromatic rings. The van der Waals surface area contributed by atoms with Crippen molar-refractivity contribution in [3.63, 3.8) is 0 Å². The predicted octanol–water partition coefficient (Wildman–Crippen LogP) is 7.30. The first-order valence-corrected chi connectivity index (χ1v) is 13.1. The van der Waals surface area contributed by atoms with E-state index in [4.69, 9.17) is 5.11 Å². The Morgan fingerprint density at radius 1 is 0.811 bits per heavy atom. The van der Waals surface area contributed by atoms with Crippen LogP contribution in [0.2, 0.25) is 0 Å². The van der Waals surface area contributed by atoms with Crippen LogP contribution < -0.4 is 4.18 Å². The van der Waals surface area contributed by atoms with E-state index in [1.807, 2.05) is 12.1 Å². The summed E-state index contributed by atoms with van der Waals surface area (Å²) >= 11 is 0. The van der Waals surface area contributed by atoms with Crippen LogP contribution >= 0.6 is 0 Å². The summed E-state index contributed by atoms with van der Waals surface area (Å²) in [5.41, 5.74) is -1.75. The number of carboxylic acids is 1. The maximum Gasteiger partial charge on any atom is 0.534 e. The van der Waals surface area contributed by atoms with E-state index in [0.717, 1.165) is 24.0 Å². The molecule has 0 aliphatic heterocycles. The Hall–Kier alpha value is -3.33. The van der Waals surface area contributed by atoms with Crippen molar-refractivity contribution < 1.29 is 35.7 Å². The van der Waals surface area contributed by atoms with Crippen molar-refractivity contribution in [2.75, 3.05) is 0 Å². The molecule has 5 nitrogen and oxygen atoms in total. The number of alkyl halides is 3. The lowest BCUT2D eigenvalue weighted by atomic mass is 9.63. The van der Waals surface area contributed by atoms with Gasteiger partial charge >= 0.3 is 21.6 Å². The Bertz CT molecular complexity index is 1470. The second-order valence-corrected chi connectivity index (χ2v) is 12.1. The van der Waals surface area contributed by atoms with E-state index in [9.17, 15) is 26.4 Å². The zero-order chi connectivity index (χ0) is 27.4. The minimum atomic E-state index is -5.90. The van der Waals surface area contributed by atoms with Crippen molar-refractivity contribution in [2.24, 2.45) is 0 Å². The van der Waals surface area contributed by atoms with Gasteiger partial charge in [-0.3, -0.25) is 0 Å². The number of benzene rings is 3. The first-order chi connectivity index (χ1) is 17.0. The highest BCUT2D eigenvalue weighted by atomic mass is 32.2. The third kappa shape index (κ3) is 5.09. The van der Waals surface area contributed by atoms with E-state index in [0.29, 0.717) is 16.7 Å². The molecule has 9 heteroatoms. The van der Waals surface area contributed by atoms with Gasteiger partial charge < -0.3 is 9.29 Å². The van der Waals surface area contributed by atoms with E-state index in [2.05, 4.69) is 31.9 Å². The third-order valence-electron chi connectivity index (χ3n) is 7.09. The lowest BCUT2D eigenvalue weighted by Gasteiger charge is -2.42. The molecule has 0 saturated carbocycles. The Balaban J connectivity index is 1.90. The number of hydrogen-bond donors (Lipinski definition) is 1. The fourth-order valence-electron chi connectivity index (χ4n) is 4.73. The smallest absolute Gasteiger partial charge is 0.478 e. The number of hydrogen-bond acceptors (Lipinski definition) is 4. The molecular weight excluding hydrogens is 505 g/mol. The Morgan fingerprint density at radius 3 is 1.92 bits per heavy atom. The van der Waals surface area contributed by atoms with Crippen LogP contribution in [0.1, 0.15) is 62.0 Å². The second kappa shape index (κ2) is 8.90. The Morgan fingerprint density at radius 2 is 1.35 bits per heavy atom. The molecule has 1 N–H and O–H groups in total. The topological polar surface area (TPSA) is 80.7 Å². The monoisotopic (exact) mass is 532 g/mol. The Kier molecular flexibility index (Phi) is 6.43. The van der Waals surface area contributed by atoms with Crippen molar-refractivity contribution in [3.05, 3.63) is 77.4 Å². The Labute approximate surface area is 214 Å². The van der Waals surface area contributed by atoms with Crippen molar-refractivity contribution in [1.29, 1.82) is 0 Å². The van der Waals surface area contributed by atoms with Crippen LogP contribution in [0.4, 0.5) is 13.2 Å². The molecule has 0 atom stereocenters. The third-order valence-corrected chi connectivity index (χ3v) is 8.06. The second-order valence-electron chi connectivity index (χ2n) is 10.6. The van der Waals surface area contributed by atoms with Gasteiger partial charge in [0.05, 0.1) is 5.56 Å². The van der Waals surface area contributed by atoms with Gasteiger partial charge in [0.25, 0.3) is 0 Å². The van der Waals surface area contributed by atoms with Crippen LogP contribution in [0, 0.1) is 0 Å². The van der Waals surface area contributed by atoms with Crippen LogP contribution in [0.25, 0.3) is 22.3 Å². The molecule has 4 rings (SSSR count). The molecule has 0 heterocycles. The molecule has 1 aliphatic carbocycles. The van der Waals surface area contributed by atoms with Gasteiger partial charge in [-0.15, -0.1) is 0 Å². The fourth-order valence-corrected chi connectivity index (χ4v) is 5.21. The maximum absolute atomic E-state index is 13.2. The van der Waals surface area contributed by atoms with E-state index >= 15 is 0 Å². The van der Waals surface area contributed by atoms with Crippen LogP contribution in [-0.4, -0.2) is 25.0 Å². The normalized spacial score (nSPS) is 16.6. The lowest BCUT2D eigenvalue weighted by molar-refractivity contribution is -0.0499. The summed E-state index contributed by atoms with van der Waals surface area (Å²) in [6.45, 7) is 8.51. The van der Waals surface area contributed by atoms with Crippen molar-refractivity contribution in [2.45, 2.75) is 56.9 Å². The molecule has 0 bridgehead atoms. The molecule has 0 fully saturated rings. The summed E-state index contributed by atoms with van der Waals surface area (Å²) in [4.78, 5) is 11.2. The standard InChI is InChI=1S/C28H27F3O5S/c1-26(2)13-14-27(3,4)23-16-20(9-11-22(23)26)21-15-19(17-5-7-18(8-6-17)25(32)33)10-12-24(21)36-37(34,35)28(29,30)31/h5-12,15-16H,13-14H2,1-4H3,(H,32,33). The molecule has 196 valence electrons. The molecule has 0 aromatic heterocycles. The molecular formula is C28H27F3O5S. The summed E-state index contributed by atoms with van der Waals surface area (Å²) in [6, 6.07) is 15.8. The van der Waals surface area contributed by atoms with Gasteiger partial charge in [-0.1, -0.05) is 64.1 Å². The summed E-state index contributed by atoms with van der Waals surface area (Å²) in [6.07, 6.45) is 1.89. The van der Waals surface area contributed by atoms with E-state index in [1.165, 1.54) is 24.3 Å². The SMILES string of the molecule is CC1(C)CCC(C)(C)c2cc(-c3cc(-c4ccc(C(=O)O)cc4)ccc3OS(=O)(=O)C(F)(F)F)ccc21. The average molecular weight is 533 g/mol. The molecule has 0 saturated heterocycles. The van der Waals surface area contributed by atoms with Gasteiger partial charge in [0.1, 0.15) is 0 Å². The first kappa shape index (κ1) is 26.7. The fraction of sp³-hybridized carbons (Fsp3) is 0.321. The van der Waals surface area contributed by atoms with Crippen LogP contribution in [-0.2, 0) is 20.9 Å². The minimum absolute atomic E-state index is 0.0831. The van der Waals surface area contributed by atoms with Crippen LogP contribution in [0.15, 0.2) is 60.7 Å². The average Bonchev–Trinajstić information content (AvgIpc) is 2.81. The van der Waals surface area contributed by atoms with Crippen molar-refractivity contribution >= 4 is 16.1 Å². The van der Waals surface area contributed by atoms with Crippen molar-refractivity contribution in [3.8, 4) is 28.0 Å². The highest BCUT2D eigenvalue weighted by Crippen LogP contribution is 2.48. The number of rotatable bonds is 5. The highest BCUT2D eigenvalue weighted by molar-refractivity contribution is 7.88. The van der Waals surface area contributed by atoms with Gasteiger partial charge in [-0.25, -0.2) is 4.79 Å². The summed E-state index contributed by atoms with van der Waals surface area (Å²) in [7, 11) is -5.90. The quantitative estimate of drug-likeness (QED) is 0.276. The number of aromatic carboxylic acids is 1. The lowest BCUT2D eigenvalue weighted by Crippen LogP contribution is -2.33. The largest absolute Gasteiger partial charge is 0.534 e. The highest BCUT2D eigenvalue weighted by Gasteiger charge is 2.49. The number of halogens is 3. The molecule has 0 unspecified atom stereocenters. The molecule has 0 radical (unpaired) electrons. The zero-order valence-corrected chi connectivity index (χ0v) is 21.6. The maximum atomic E-state index is 13.2. The molecule has 3 aromatic carbocycles. The molecule has 0 amide bonds. The first-order valence-electron chi connectivity index (χ1n) is 11.7. The van der Waals surface area contributed by atoms with Gasteiger partial charge in [-0.05, 0) is 75.8 Å². The van der Waals surface area contributed by atoms with Crippen molar-refractivity contribution in [1.82, 2.24) is 0 Å². The van der Waals surface area contributed by atoms with Gasteiger partial charge in [0.15, 0.2) is 5.75 Å². The van der Waals surface area contributed by atoms with E-state index in [-0.39, 0.29) is 22.0 Å². The predicted molar refractivity (Wildman–Crippen MR) is 135 cm³/mol. The molecule has 1 aliphatic rings. The van der Waals surface area contributed by atoms with Gasteiger partial charge in [-0.2, -0.15) is 21.6 Å². The summed E-state index contributed by atoms with van der Waals surface area (Å²) in [5.74, 6) is -1.54. The van der Waals surface area contributed by atoms with Crippen LogP contribution in [0.3, 0.4) is 0 Å². The number of carboxylic acid groups (broad SMARTS) is 1. The molecule has 0 spiro atoms. The minimum Gasteiger partial charge on any atom is -0.478 e. The molecule has 37 heavy (non-hydrogen) atoms. The van der Waals surface area contributed by atoms with Crippen LogP contribution in [0.5, 0.6) is 5.75 Å². The van der Waals surface area contributed by atoms with E-state index < -0.39 is 27.3 Å².